The van der Waals surface area contributed by atoms with E-state index in [2.05, 4.69) is 4.98 Å². The van der Waals surface area contributed by atoms with Gasteiger partial charge < -0.3 is 14.0 Å². The quantitative estimate of drug-likeness (QED) is 0.729. The Morgan fingerprint density at radius 2 is 1.90 bits per heavy atom. The van der Waals surface area contributed by atoms with Gasteiger partial charge in [-0.1, -0.05) is 24.3 Å². The molecule has 0 saturated carbocycles. The number of benzene rings is 2. The Labute approximate surface area is 117 Å². The van der Waals surface area contributed by atoms with Crippen LogP contribution in [0.25, 0.3) is 10.8 Å². The van der Waals surface area contributed by atoms with Crippen molar-refractivity contribution in [3.05, 3.63) is 54.6 Å². The fourth-order valence-electron chi connectivity index (χ4n) is 2.47. The summed E-state index contributed by atoms with van der Waals surface area (Å²) in [6.07, 6.45) is 5.49. The molecule has 0 atom stereocenters. The van der Waals surface area contributed by atoms with Crippen LogP contribution in [0.2, 0.25) is 0 Å². The molecule has 0 aliphatic carbocycles. The van der Waals surface area contributed by atoms with E-state index in [1.807, 2.05) is 41.1 Å². The fraction of sp³-hybridized carbons (Fsp3) is 0.188. The number of ether oxygens (including phenoxy) is 2. The summed E-state index contributed by atoms with van der Waals surface area (Å²) in [6, 6.07) is 10.1. The Hall–Kier alpha value is -2.49. The molecule has 0 unspecified atom stereocenters. The third-order valence-electron chi connectivity index (χ3n) is 3.37. The number of hydrogen-bond donors (Lipinski definition) is 0. The van der Waals surface area contributed by atoms with Gasteiger partial charge in [0.05, 0.1) is 27.1 Å². The Kier molecular flexibility index (Phi) is 3.29. The highest BCUT2D eigenvalue weighted by molar-refractivity contribution is 5.94. The van der Waals surface area contributed by atoms with Crippen LogP contribution in [-0.4, -0.2) is 23.8 Å². The molecule has 1 aromatic heterocycles. The van der Waals surface area contributed by atoms with Gasteiger partial charge >= 0.3 is 0 Å². The predicted octanol–water partition coefficient (Wildman–Crippen LogP) is 3.10. The molecule has 0 fully saturated rings. The normalized spacial score (nSPS) is 10.7. The van der Waals surface area contributed by atoms with Gasteiger partial charge in [-0.15, -0.1) is 0 Å². The SMILES string of the molecule is COc1cc(Cn2ccnc2)c(OC)c2ccccc12. The zero-order valence-electron chi connectivity index (χ0n) is 11.5. The summed E-state index contributed by atoms with van der Waals surface area (Å²) in [7, 11) is 3.39. The second kappa shape index (κ2) is 5.25. The number of methoxy groups -OCH3 is 2. The van der Waals surface area contributed by atoms with Gasteiger partial charge in [0.2, 0.25) is 0 Å². The average Bonchev–Trinajstić information content (AvgIpc) is 2.99. The molecule has 0 amide bonds. The molecule has 4 heteroatoms. The first-order valence-corrected chi connectivity index (χ1v) is 6.42. The standard InChI is InChI=1S/C16H16N2O2/c1-19-15-9-12(10-18-8-7-17-11-18)16(20-2)14-6-4-3-5-13(14)15/h3-9,11H,10H2,1-2H3. The summed E-state index contributed by atoms with van der Waals surface area (Å²) in [5.41, 5.74) is 1.07. The second-order valence-corrected chi connectivity index (χ2v) is 4.55. The number of nitrogens with zero attached hydrogens (tertiary/aromatic N) is 2. The minimum atomic E-state index is 0.699. The molecule has 0 radical (unpaired) electrons. The van der Waals surface area contributed by atoms with Crippen LogP contribution in [0.4, 0.5) is 0 Å². The van der Waals surface area contributed by atoms with E-state index in [-0.39, 0.29) is 0 Å². The number of hydrogen-bond acceptors (Lipinski definition) is 3. The Balaban J connectivity index is 2.20. The highest BCUT2D eigenvalue weighted by Crippen LogP contribution is 2.36. The Morgan fingerprint density at radius 1 is 1.10 bits per heavy atom. The van der Waals surface area contributed by atoms with Crippen molar-refractivity contribution in [2.24, 2.45) is 0 Å². The summed E-state index contributed by atoms with van der Waals surface area (Å²) in [6.45, 7) is 0.699. The molecule has 1 heterocycles. The van der Waals surface area contributed by atoms with Crippen LogP contribution < -0.4 is 9.47 Å². The largest absolute Gasteiger partial charge is 0.496 e. The van der Waals surface area contributed by atoms with Crippen molar-refractivity contribution in [2.45, 2.75) is 6.54 Å². The second-order valence-electron chi connectivity index (χ2n) is 4.55. The molecular weight excluding hydrogens is 252 g/mol. The first-order chi connectivity index (χ1) is 9.83. The van der Waals surface area contributed by atoms with Gasteiger partial charge in [-0.25, -0.2) is 4.98 Å². The molecule has 3 aromatic rings. The molecule has 4 nitrogen and oxygen atoms in total. The van der Waals surface area contributed by atoms with Crippen molar-refractivity contribution < 1.29 is 9.47 Å². The maximum Gasteiger partial charge on any atom is 0.131 e. The lowest BCUT2D eigenvalue weighted by Crippen LogP contribution is -2.01. The minimum absolute atomic E-state index is 0.699. The Morgan fingerprint density at radius 3 is 2.55 bits per heavy atom. The van der Waals surface area contributed by atoms with Crippen molar-refractivity contribution >= 4 is 10.8 Å². The topological polar surface area (TPSA) is 36.3 Å². The van der Waals surface area contributed by atoms with Crippen LogP contribution in [0.15, 0.2) is 49.1 Å². The summed E-state index contributed by atoms with van der Waals surface area (Å²) >= 11 is 0. The molecule has 0 aliphatic rings. The highest BCUT2D eigenvalue weighted by atomic mass is 16.5. The summed E-state index contributed by atoms with van der Waals surface area (Å²) in [5, 5.41) is 2.12. The lowest BCUT2D eigenvalue weighted by Gasteiger charge is -2.15. The van der Waals surface area contributed by atoms with Crippen LogP contribution in [-0.2, 0) is 6.54 Å². The van der Waals surface area contributed by atoms with Gasteiger partial charge in [-0.3, -0.25) is 0 Å². The van der Waals surface area contributed by atoms with E-state index in [4.69, 9.17) is 9.47 Å². The number of imidazole rings is 1. The summed E-state index contributed by atoms with van der Waals surface area (Å²) in [4.78, 5) is 4.07. The van der Waals surface area contributed by atoms with Crippen molar-refractivity contribution in [1.82, 2.24) is 9.55 Å². The van der Waals surface area contributed by atoms with Gasteiger partial charge in [0, 0.05) is 28.7 Å². The van der Waals surface area contributed by atoms with Crippen molar-refractivity contribution in [3.8, 4) is 11.5 Å². The van der Waals surface area contributed by atoms with Gasteiger partial charge in [0.25, 0.3) is 0 Å². The number of rotatable bonds is 4. The van der Waals surface area contributed by atoms with Crippen molar-refractivity contribution in [2.75, 3.05) is 14.2 Å². The van der Waals surface area contributed by atoms with E-state index >= 15 is 0 Å². The van der Waals surface area contributed by atoms with Crippen LogP contribution in [0.5, 0.6) is 11.5 Å². The van der Waals surface area contributed by atoms with Gasteiger partial charge in [-0.2, -0.15) is 0 Å². The first kappa shape index (κ1) is 12.5. The summed E-state index contributed by atoms with van der Waals surface area (Å²) < 4.78 is 13.1. The Bertz CT molecular complexity index is 721. The number of fused-ring (bicyclic) bond motifs is 1. The van der Waals surface area contributed by atoms with Gasteiger partial charge in [-0.05, 0) is 6.07 Å². The average molecular weight is 268 g/mol. The fourth-order valence-corrected chi connectivity index (χ4v) is 2.47. The molecule has 3 rings (SSSR count). The smallest absolute Gasteiger partial charge is 0.131 e. The van der Waals surface area contributed by atoms with E-state index in [0.29, 0.717) is 6.54 Å². The molecule has 0 bridgehead atoms. The summed E-state index contributed by atoms with van der Waals surface area (Å²) in [5.74, 6) is 1.74. The van der Waals surface area contributed by atoms with E-state index in [9.17, 15) is 0 Å². The molecule has 0 saturated heterocycles. The van der Waals surface area contributed by atoms with Gasteiger partial charge in [0.15, 0.2) is 0 Å². The minimum Gasteiger partial charge on any atom is -0.496 e. The molecule has 102 valence electrons. The van der Waals surface area contributed by atoms with Crippen LogP contribution in [0.1, 0.15) is 5.56 Å². The predicted molar refractivity (Wildman–Crippen MR) is 78.4 cm³/mol. The van der Waals surface area contributed by atoms with Gasteiger partial charge in [0.1, 0.15) is 11.5 Å². The van der Waals surface area contributed by atoms with E-state index < -0.39 is 0 Å². The third kappa shape index (κ3) is 2.09. The molecule has 0 N–H and O–H groups in total. The molecule has 2 aromatic carbocycles. The monoisotopic (exact) mass is 268 g/mol. The first-order valence-electron chi connectivity index (χ1n) is 6.42. The lowest BCUT2D eigenvalue weighted by molar-refractivity contribution is 0.405. The van der Waals surface area contributed by atoms with Crippen LogP contribution >= 0.6 is 0 Å². The van der Waals surface area contributed by atoms with E-state index in [1.165, 1.54) is 0 Å². The highest BCUT2D eigenvalue weighted by Gasteiger charge is 2.13. The van der Waals surface area contributed by atoms with E-state index in [1.54, 1.807) is 26.7 Å². The molecular formula is C16H16N2O2. The molecule has 0 spiro atoms. The van der Waals surface area contributed by atoms with Crippen LogP contribution in [0, 0.1) is 0 Å². The maximum atomic E-state index is 5.62. The molecule has 20 heavy (non-hydrogen) atoms. The third-order valence-corrected chi connectivity index (χ3v) is 3.37. The van der Waals surface area contributed by atoms with Crippen molar-refractivity contribution in [1.29, 1.82) is 0 Å². The maximum absolute atomic E-state index is 5.62. The van der Waals surface area contributed by atoms with Crippen molar-refractivity contribution in [3.63, 3.8) is 0 Å². The zero-order valence-corrected chi connectivity index (χ0v) is 11.5. The lowest BCUT2D eigenvalue weighted by atomic mass is 10.0. The van der Waals surface area contributed by atoms with E-state index in [0.717, 1.165) is 27.8 Å². The molecule has 0 aliphatic heterocycles. The van der Waals surface area contributed by atoms with Crippen LogP contribution in [0.3, 0.4) is 0 Å². The number of aromatic nitrogens is 2. The zero-order chi connectivity index (χ0) is 13.9.